The zero-order valence-corrected chi connectivity index (χ0v) is 8.95. The van der Waals surface area contributed by atoms with Gasteiger partial charge in [0.2, 0.25) is 0 Å². The SMILES string of the molecule is O=C1c2cccc(F)c2[C@H]2[C@H]3CC[C@H](C3)[C@@H]12. The number of hydrogen-bond donors (Lipinski definition) is 0. The molecular weight excluding hydrogens is 203 g/mol. The van der Waals surface area contributed by atoms with E-state index in [1.165, 1.54) is 18.9 Å². The van der Waals surface area contributed by atoms with Gasteiger partial charge in [-0.2, -0.15) is 0 Å². The van der Waals surface area contributed by atoms with Gasteiger partial charge >= 0.3 is 0 Å². The summed E-state index contributed by atoms with van der Waals surface area (Å²) in [5.74, 6) is 1.48. The van der Waals surface area contributed by atoms with Crippen molar-refractivity contribution in [3.05, 3.63) is 35.1 Å². The first-order valence-electron chi connectivity index (χ1n) is 6.10. The molecule has 1 nitrogen and oxygen atoms in total. The molecule has 1 aromatic carbocycles. The number of Topliss-reactive ketones (excluding diaryl/α,β-unsaturated/α-hetero) is 1. The third-order valence-electron chi connectivity index (χ3n) is 4.87. The van der Waals surface area contributed by atoms with E-state index in [0.717, 1.165) is 12.0 Å². The molecule has 0 unspecified atom stereocenters. The molecular formula is C14H13FO. The molecule has 0 spiro atoms. The lowest BCUT2D eigenvalue weighted by Crippen LogP contribution is -2.21. The third kappa shape index (κ3) is 0.853. The Morgan fingerprint density at radius 2 is 1.88 bits per heavy atom. The van der Waals surface area contributed by atoms with Gasteiger partial charge in [-0.3, -0.25) is 4.79 Å². The van der Waals surface area contributed by atoms with Crippen molar-refractivity contribution >= 4 is 5.78 Å². The fourth-order valence-electron chi connectivity index (χ4n) is 4.35. The summed E-state index contributed by atoms with van der Waals surface area (Å²) in [5, 5.41) is 0. The van der Waals surface area contributed by atoms with Gasteiger partial charge in [0.15, 0.2) is 5.78 Å². The molecule has 1 aromatic rings. The first-order chi connectivity index (χ1) is 7.77. The Labute approximate surface area is 93.7 Å². The van der Waals surface area contributed by atoms with Gasteiger partial charge < -0.3 is 0 Å². The van der Waals surface area contributed by atoms with E-state index in [1.54, 1.807) is 12.1 Å². The minimum absolute atomic E-state index is 0.116. The molecule has 2 heteroatoms. The zero-order valence-electron chi connectivity index (χ0n) is 8.95. The summed E-state index contributed by atoms with van der Waals surface area (Å²) in [6, 6.07) is 4.97. The Balaban J connectivity index is 1.96. The predicted molar refractivity (Wildman–Crippen MR) is 57.8 cm³/mol. The highest BCUT2D eigenvalue weighted by Crippen LogP contribution is 2.61. The smallest absolute Gasteiger partial charge is 0.167 e. The highest BCUT2D eigenvalue weighted by molar-refractivity contribution is 6.04. The molecule has 0 amide bonds. The number of rotatable bonds is 0. The maximum atomic E-state index is 13.9. The lowest BCUT2D eigenvalue weighted by molar-refractivity contribution is 0.0883. The standard InChI is InChI=1S/C14H13FO/c15-10-3-1-2-9-13(10)11-7-4-5-8(6-7)12(11)14(9)16/h1-3,7-8,11-12H,4-6H2/t7-,8+,11-,12+/m0/s1. The maximum Gasteiger partial charge on any atom is 0.167 e. The van der Waals surface area contributed by atoms with Crippen molar-refractivity contribution in [3.63, 3.8) is 0 Å². The summed E-state index contributed by atoms with van der Waals surface area (Å²) in [7, 11) is 0. The van der Waals surface area contributed by atoms with Crippen molar-refractivity contribution < 1.29 is 9.18 Å². The number of benzene rings is 1. The van der Waals surface area contributed by atoms with Crippen LogP contribution in [0.3, 0.4) is 0 Å². The summed E-state index contributed by atoms with van der Waals surface area (Å²) in [6.45, 7) is 0. The Hall–Kier alpha value is -1.18. The van der Waals surface area contributed by atoms with E-state index in [9.17, 15) is 9.18 Å². The first-order valence-corrected chi connectivity index (χ1v) is 6.10. The van der Waals surface area contributed by atoms with Crippen LogP contribution in [0.25, 0.3) is 0 Å². The van der Waals surface area contributed by atoms with Gasteiger partial charge in [0, 0.05) is 23.0 Å². The number of hydrogen-bond acceptors (Lipinski definition) is 1. The summed E-state index contributed by atoms with van der Waals surface area (Å²) < 4.78 is 13.9. The summed E-state index contributed by atoms with van der Waals surface area (Å²) in [4.78, 5) is 12.3. The van der Waals surface area contributed by atoms with Crippen molar-refractivity contribution in [2.75, 3.05) is 0 Å². The normalized spacial score (nSPS) is 38.9. The molecule has 0 aliphatic heterocycles. The number of carbonyl (C=O) groups is 1. The Morgan fingerprint density at radius 3 is 2.69 bits per heavy atom. The lowest BCUT2D eigenvalue weighted by atomic mass is 9.79. The van der Waals surface area contributed by atoms with Crippen molar-refractivity contribution in [1.29, 1.82) is 0 Å². The van der Waals surface area contributed by atoms with E-state index in [-0.39, 0.29) is 23.4 Å². The molecule has 0 radical (unpaired) electrons. The Kier molecular flexibility index (Phi) is 1.52. The monoisotopic (exact) mass is 216 g/mol. The molecule has 2 fully saturated rings. The van der Waals surface area contributed by atoms with Gasteiger partial charge in [-0.05, 0) is 37.2 Å². The van der Waals surface area contributed by atoms with Crippen molar-refractivity contribution in [3.8, 4) is 0 Å². The second-order valence-corrected chi connectivity index (χ2v) is 5.45. The molecule has 0 heterocycles. The first kappa shape index (κ1) is 8.91. The molecule has 4 rings (SSSR count). The molecule has 16 heavy (non-hydrogen) atoms. The van der Waals surface area contributed by atoms with Gasteiger partial charge in [-0.1, -0.05) is 12.1 Å². The summed E-state index contributed by atoms with van der Waals surface area (Å²) >= 11 is 0. The molecule has 2 saturated carbocycles. The van der Waals surface area contributed by atoms with Crippen LogP contribution in [-0.4, -0.2) is 5.78 Å². The molecule has 4 atom stereocenters. The molecule has 0 aromatic heterocycles. The van der Waals surface area contributed by atoms with E-state index in [1.807, 2.05) is 0 Å². The van der Waals surface area contributed by atoms with Gasteiger partial charge in [0.25, 0.3) is 0 Å². The van der Waals surface area contributed by atoms with E-state index < -0.39 is 0 Å². The van der Waals surface area contributed by atoms with Gasteiger partial charge in [-0.25, -0.2) is 4.39 Å². The quantitative estimate of drug-likeness (QED) is 0.651. The highest BCUT2D eigenvalue weighted by Gasteiger charge is 2.56. The molecule has 2 bridgehead atoms. The second kappa shape index (κ2) is 2.73. The molecule has 3 aliphatic rings. The Bertz CT molecular complexity index is 494. The van der Waals surface area contributed by atoms with Crippen LogP contribution < -0.4 is 0 Å². The topological polar surface area (TPSA) is 17.1 Å². The number of carbonyl (C=O) groups excluding carboxylic acids is 1. The fraction of sp³-hybridized carbons (Fsp3) is 0.500. The molecule has 0 saturated heterocycles. The van der Waals surface area contributed by atoms with E-state index in [4.69, 9.17) is 0 Å². The highest BCUT2D eigenvalue weighted by atomic mass is 19.1. The number of ketones is 1. The molecule has 3 aliphatic carbocycles. The zero-order chi connectivity index (χ0) is 10.9. The van der Waals surface area contributed by atoms with E-state index in [0.29, 0.717) is 17.4 Å². The van der Waals surface area contributed by atoms with Crippen molar-refractivity contribution in [2.24, 2.45) is 17.8 Å². The van der Waals surface area contributed by atoms with Gasteiger partial charge in [0.05, 0.1) is 0 Å². The van der Waals surface area contributed by atoms with Crippen LogP contribution in [0.15, 0.2) is 18.2 Å². The summed E-state index contributed by atoms with van der Waals surface area (Å²) in [5.41, 5.74) is 1.41. The second-order valence-electron chi connectivity index (χ2n) is 5.45. The van der Waals surface area contributed by atoms with Crippen LogP contribution in [0.4, 0.5) is 4.39 Å². The van der Waals surface area contributed by atoms with Crippen LogP contribution in [0.1, 0.15) is 41.1 Å². The van der Waals surface area contributed by atoms with Crippen LogP contribution >= 0.6 is 0 Å². The van der Waals surface area contributed by atoms with Crippen molar-refractivity contribution in [2.45, 2.75) is 25.2 Å². The largest absolute Gasteiger partial charge is 0.294 e. The maximum absolute atomic E-state index is 13.9. The third-order valence-corrected chi connectivity index (χ3v) is 4.87. The van der Waals surface area contributed by atoms with Crippen LogP contribution in [0.2, 0.25) is 0 Å². The predicted octanol–water partition coefficient (Wildman–Crippen LogP) is 3.15. The Morgan fingerprint density at radius 1 is 1.12 bits per heavy atom. The number of halogens is 1. The van der Waals surface area contributed by atoms with Crippen LogP contribution in [-0.2, 0) is 0 Å². The van der Waals surface area contributed by atoms with Gasteiger partial charge in [0.1, 0.15) is 5.82 Å². The minimum atomic E-state index is -0.161. The minimum Gasteiger partial charge on any atom is -0.294 e. The van der Waals surface area contributed by atoms with E-state index >= 15 is 0 Å². The number of fused-ring (bicyclic) bond motifs is 7. The fourth-order valence-corrected chi connectivity index (χ4v) is 4.35. The molecule has 0 N–H and O–H groups in total. The van der Waals surface area contributed by atoms with Crippen LogP contribution in [0, 0.1) is 23.6 Å². The average Bonchev–Trinajstić information content (AvgIpc) is 2.92. The van der Waals surface area contributed by atoms with Crippen LogP contribution in [0.5, 0.6) is 0 Å². The van der Waals surface area contributed by atoms with E-state index in [2.05, 4.69) is 0 Å². The molecule has 82 valence electrons. The van der Waals surface area contributed by atoms with Crippen molar-refractivity contribution in [1.82, 2.24) is 0 Å². The summed E-state index contributed by atoms with van der Waals surface area (Å²) in [6.07, 6.45) is 3.51. The lowest BCUT2D eigenvalue weighted by Gasteiger charge is -2.23. The average molecular weight is 216 g/mol. The van der Waals surface area contributed by atoms with Gasteiger partial charge in [-0.15, -0.1) is 0 Å².